The van der Waals surface area contributed by atoms with Gasteiger partial charge < -0.3 is 5.11 Å². The first-order valence-electron chi connectivity index (χ1n) is 5.63. The summed E-state index contributed by atoms with van der Waals surface area (Å²) in [5, 5.41) is 11.0. The third-order valence-corrected chi connectivity index (χ3v) is 3.80. The smallest absolute Gasteiger partial charge is 0.168 e. The number of halogens is 2. The maximum absolute atomic E-state index is 12.0. The quantitative estimate of drug-likeness (QED) is 0.890. The molecule has 1 aromatic carbocycles. The molecule has 0 aliphatic heterocycles. The van der Waals surface area contributed by atoms with Crippen LogP contribution in [0.4, 0.5) is 0 Å². The number of carbonyl (C=O) groups excluding carboxylic acids is 1. The summed E-state index contributed by atoms with van der Waals surface area (Å²) in [7, 11) is 0. The lowest BCUT2D eigenvalue weighted by molar-refractivity contribution is -0.137. The summed E-state index contributed by atoms with van der Waals surface area (Å²) >= 11 is 12.0. The minimum absolute atomic E-state index is 0.0662. The average molecular weight is 275 g/mol. The molecule has 94 valence electrons. The lowest BCUT2D eigenvalue weighted by Crippen LogP contribution is -2.38. The zero-order valence-corrected chi connectivity index (χ0v) is 11.5. The second-order valence-electron chi connectivity index (χ2n) is 4.04. The average Bonchev–Trinajstić information content (AvgIpc) is 2.32. The first kappa shape index (κ1) is 14.5. The van der Waals surface area contributed by atoms with E-state index in [-0.39, 0.29) is 12.2 Å². The van der Waals surface area contributed by atoms with Crippen LogP contribution in [-0.4, -0.2) is 16.5 Å². The lowest BCUT2D eigenvalue weighted by Gasteiger charge is -2.23. The van der Waals surface area contributed by atoms with E-state index in [1.165, 1.54) is 0 Å². The van der Waals surface area contributed by atoms with Gasteiger partial charge in [0.2, 0.25) is 0 Å². The molecule has 0 spiro atoms. The number of ketones is 1. The Hall–Kier alpha value is -0.570. The maximum Gasteiger partial charge on any atom is 0.168 e. The van der Waals surface area contributed by atoms with Gasteiger partial charge in [0.1, 0.15) is 5.60 Å². The molecule has 4 heteroatoms. The second kappa shape index (κ2) is 5.85. The first-order chi connectivity index (χ1) is 7.94. The molecule has 0 radical (unpaired) electrons. The highest BCUT2D eigenvalue weighted by Gasteiger charge is 2.32. The monoisotopic (exact) mass is 274 g/mol. The number of aliphatic hydroxyl groups is 1. The van der Waals surface area contributed by atoms with Crippen molar-refractivity contribution in [3.63, 3.8) is 0 Å². The van der Waals surface area contributed by atoms with Crippen LogP contribution in [0.5, 0.6) is 0 Å². The predicted octanol–water partition coefficient (Wildman–Crippen LogP) is 3.66. The molecule has 0 aromatic heterocycles. The highest BCUT2D eigenvalue weighted by Crippen LogP contribution is 2.27. The molecule has 0 bridgehead atoms. The molecule has 0 fully saturated rings. The first-order valence-corrected chi connectivity index (χ1v) is 6.38. The van der Waals surface area contributed by atoms with Crippen LogP contribution in [0.3, 0.4) is 0 Å². The normalized spacial score (nSPS) is 11.6. The molecule has 1 aromatic rings. The molecule has 1 rings (SSSR count). The molecule has 0 saturated heterocycles. The second-order valence-corrected chi connectivity index (χ2v) is 4.85. The van der Waals surface area contributed by atoms with E-state index >= 15 is 0 Å². The van der Waals surface area contributed by atoms with Crippen molar-refractivity contribution in [2.24, 2.45) is 0 Å². The van der Waals surface area contributed by atoms with Gasteiger partial charge in [-0.3, -0.25) is 4.79 Å². The van der Waals surface area contributed by atoms with Gasteiger partial charge in [-0.2, -0.15) is 0 Å². The third kappa shape index (κ3) is 3.21. The van der Waals surface area contributed by atoms with Crippen LogP contribution in [0.2, 0.25) is 10.0 Å². The topological polar surface area (TPSA) is 37.3 Å². The van der Waals surface area contributed by atoms with Crippen molar-refractivity contribution < 1.29 is 9.90 Å². The summed E-state index contributed by atoms with van der Waals surface area (Å²) in [6.07, 6.45) is 0.853. The van der Waals surface area contributed by atoms with Gasteiger partial charge in [-0.25, -0.2) is 0 Å². The molecule has 0 unspecified atom stereocenters. The molecule has 17 heavy (non-hydrogen) atoms. The molecule has 1 N–H and O–H groups in total. The third-order valence-electron chi connectivity index (χ3n) is 3.09. The van der Waals surface area contributed by atoms with E-state index in [1.54, 1.807) is 32.0 Å². The van der Waals surface area contributed by atoms with E-state index in [0.717, 1.165) is 0 Å². The number of carbonyl (C=O) groups is 1. The predicted molar refractivity (Wildman–Crippen MR) is 70.7 cm³/mol. The molecular weight excluding hydrogens is 259 g/mol. The Bertz CT molecular complexity index is 392. The molecular formula is C13H16Cl2O2. The zero-order valence-electron chi connectivity index (χ0n) is 9.96. The number of hydrogen-bond donors (Lipinski definition) is 1. The lowest BCUT2D eigenvalue weighted by atomic mass is 9.88. The van der Waals surface area contributed by atoms with Crippen LogP contribution in [-0.2, 0) is 11.2 Å². The standard InChI is InChI=1S/C13H16Cl2O2/c1-3-13(17,4-2)12(16)8-9-10(14)6-5-7-11(9)15/h5-7,17H,3-4,8H2,1-2H3. The minimum Gasteiger partial charge on any atom is -0.382 e. The molecule has 0 saturated carbocycles. The van der Waals surface area contributed by atoms with E-state index in [0.29, 0.717) is 28.5 Å². The Morgan fingerprint density at radius 3 is 2.12 bits per heavy atom. The Balaban J connectivity index is 2.96. The van der Waals surface area contributed by atoms with Gasteiger partial charge in [0.15, 0.2) is 5.78 Å². The van der Waals surface area contributed by atoms with Crippen molar-refractivity contribution in [2.75, 3.05) is 0 Å². The molecule has 0 amide bonds. The van der Waals surface area contributed by atoms with E-state index < -0.39 is 5.60 Å². The van der Waals surface area contributed by atoms with E-state index in [2.05, 4.69) is 0 Å². The van der Waals surface area contributed by atoms with E-state index in [9.17, 15) is 9.90 Å². The summed E-state index contributed by atoms with van der Waals surface area (Å²) < 4.78 is 0. The van der Waals surface area contributed by atoms with Crippen molar-refractivity contribution in [1.29, 1.82) is 0 Å². The molecule has 0 aliphatic carbocycles. The van der Waals surface area contributed by atoms with Crippen LogP contribution < -0.4 is 0 Å². The molecule has 0 heterocycles. The summed E-state index contributed by atoms with van der Waals surface area (Å²) in [5.41, 5.74) is -0.691. The fraction of sp³-hybridized carbons (Fsp3) is 0.462. The van der Waals surface area contributed by atoms with Gasteiger partial charge >= 0.3 is 0 Å². The Morgan fingerprint density at radius 2 is 1.71 bits per heavy atom. The Labute approximate surface area is 112 Å². The van der Waals surface area contributed by atoms with Crippen molar-refractivity contribution >= 4 is 29.0 Å². The number of benzene rings is 1. The minimum atomic E-state index is -1.28. The number of Topliss-reactive ketones (excluding diaryl/α,β-unsaturated/α-hetero) is 1. The van der Waals surface area contributed by atoms with Crippen molar-refractivity contribution in [1.82, 2.24) is 0 Å². The number of hydrogen-bond acceptors (Lipinski definition) is 2. The van der Waals surface area contributed by atoms with Crippen LogP contribution in [0.15, 0.2) is 18.2 Å². The Kier molecular flexibility index (Phi) is 4.99. The van der Waals surface area contributed by atoms with Gasteiger partial charge in [-0.15, -0.1) is 0 Å². The molecule has 2 nitrogen and oxygen atoms in total. The molecule has 0 aliphatic rings. The van der Waals surface area contributed by atoms with Crippen LogP contribution in [0, 0.1) is 0 Å². The maximum atomic E-state index is 12.0. The van der Waals surface area contributed by atoms with Gasteiger partial charge in [0.25, 0.3) is 0 Å². The summed E-state index contributed by atoms with van der Waals surface area (Å²) in [6.45, 7) is 3.57. The van der Waals surface area contributed by atoms with Crippen molar-refractivity contribution in [2.45, 2.75) is 38.7 Å². The van der Waals surface area contributed by atoms with Crippen LogP contribution >= 0.6 is 23.2 Å². The van der Waals surface area contributed by atoms with Gasteiger partial charge in [-0.05, 0) is 30.5 Å². The molecule has 0 atom stereocenters. The van der Waals surface area contributed by atoms with Crippen molar-refractivity contribution in [3.05, 3.63) is 33.8 Å². The largest absolute Gasteiger partial charge is 0.382 e. The van der Waals surface area contributed by atoms with E-state index in [4.69, 9.17) is 23.2 Å². The van der Waals surface area contributed by atoms with Crippen LogP contribution in [0.1, 0.15) is 32.3 Å². The number of rotatable bonds is 5. The van der Waals surface area contributed by atoms with Crippen LogP contribution in [0.25, 0.3) is 0 Å². The Morgan fingerprint density at radius 1 is 1.24 bits per heavy atom. The van der Waals surface area contributed by atoms with Gasteiger partial charge in [-0.1, -0.05) is 43.1 Å². The van der Waals surface area contributed by atoms with Gasteiger partial charge in [0, 0.05) is 16.5 Å². The van der Waals surface area contributed by atoms with Crippen molar-refractivity contribution in [3.8, 4) is 0 Å². The highest BCUT2D eigenvalue weighted by atomic mass is 35.5. The fourth-order valence-corrected chi connectivity index (χ4v) is 2.20. The van der Waals surface area contributed by atoms with Gasteiger partial charge in [0.05, 0.1) is 0 Å². The summed E-state index contributed by atoms with van der Waals surface area (Å²) in [5.74, 6) is -0.238. The SMILES string of the molecule is CCC(O)(CC)C(=O)Cc1c(Cl)cccc1Cl. The fourth-order valence-electron chi connectivity index (χ4n) is 1.67. The van der Waals surface area contributed by atoms with E-state index in [1.807, 2.05) is 0 Å². The highest BCUT2D eigenvalue weighted by molar-refractivity contribution is 6.36. The summed E-state index contributed by atoms with van der Waals surface area (Å²) in [6, 6.07) is 5.10. The summed E-state index contributed by atoms with van der Waals surface area (Å²) in [4.78, 5) is 12.0. The zero-order chi connectivity index (χ0) is 13.1.